The van der Waals surface area contributed by atoms with Crippen LogP contribution in [0.1, 0.15) is 27.2 Å². The fraction of sp³-hybridized carbons (Fsp3) is 0.562. The molecule has 0 bridgehead atoms. The fourth-order valence-corrected chi connectivity index (χ4v) is 2.78. The molecule has 0 aliphatic heterocycles. The average Bonchev–Trinajstić information content (AvgIpc) is 2.48. The van der Waals surface area contributed by atoms with E-state index in [2.05, 4.69) is 10.1 Å². The van der Waals surface area contributed by atoms with Crippen molar-refractivity contribution in [3.63, 3.8) is 0 Å². The molecule has 128 valence electrons. The van der Waals surface area contributed by atoms with Crippen LogP contribution in [0, 0.1) is 5.41 Å². The number of benzene rings is 1. The van der Waals surface area contributed by atoms with Crippen molar-refractivity contribution in [2.75, 3.05) is 11.9 Å². The molecule has 3 N–H and O–H groups in total. The maximum atomic E-state index is 12.5. The summed E-state index contributed by atoms with van der Waals surface area (Å²) in [6, 6.07) is 5.70. The maximum Gasteiger partial charge on any atom is 0.387 e. The Balaban J connectivity index is 2.02. The number of nitrogens with two attached hydrogens (primary N) is 1. The molecule has 0 spiro atoms. The molecule has 2 atom stereocenters. The molecule has 1 aromatic carbocycles. The van der Waals surface area contributed by atoms with Crippen molar-refractivity contribution in [3.8, 4) is 5.75 Å². The van der Waals surface area contributed by atoms with Crippen molar-refractivity contribution in [1.82, 2.24) is 0 Å². The lowest BCUT2D eigenvalue weighted by molar-refractivity contribution is -0.166. The van der Waals surface area contributed by atoms with Gasteiger partial charge in [-0.15, -0.1) is 0 Å². The molecule has 1 fully saturated rings. The van der Waals surface area contributed by atoms with Crippen LogP contribution in [-0.4, -0.2) is 30.8 Å². The van der Waals surface area contributed by atoms with E-state index in [-0.39, 0.29) is 17.8 Å². The first-order valence-electron chi connectivity index (χ1n) is 7.47. The lowest BCUT2D eigenvalue weighted by Gasteiger charge is -2.57. The minimum atomic E-state index is -2.88. The van der Waals surface area contributed by atoms with Gasteiger partial charge in [0.05, 0.1) is 6.10 Å². The second-order valence-corrected chi connectivity index (χ2v) is 6.20. The number of carbonyl (C=O) groups excluding carboxylic acids is 1. The number of anilines is 1. The van der Waals surface area contributed by atoms with E-state index in [1.54, 1.807) is 0 Å². The highest BCUT2D eigenvalue weighted by Gasteiger charge is 2.62. The van der Waals surface area contributed by atoms with Gasteiger partial charge in [0, 0.05) is 24.1 Å². The largest absolute Gasteiger partial charge is 0.435 e. The Bertz CT molecular complexity index is 563. The number of rotatable bonds is 6. The molecule has 1 amide bonds. The van der Waals surface area contributed by atoms with Gasteiger partial charge in [-0.25, -0.2) is 0 Å². The van der Waals surface area contributed by atoms with Crippen molar-refractivity contribution < 1.29 is 23.0 Å². The van der Waals surface area contributed by atoms with E-state index in [0.717, 1.165) is 0 Å². The van der Waals surface area contributed by atoms with Gasteiger partial charge in [0.2, 0.25) is 5.91 Å². The van der Waals surface area contributed by atoms with Gasteiger partial charge in [-0.05, 0) is 31.2 Å². The lowest BCUT2D eigenvalue weighted by Crippen LogP contribution is -2.74. The van der Waals surface area contributed by atoms with Gasteiger partial charge in [-0.2, -0.15) is 8.78 Å². The third kappa shape index (κ3) is 3.30. The Labute approximate surface area is 134 Å². The van der Waals surface area contributed by atoms with Crippen molar-refractivity contribution in [2.24, 2.45) is 11.1 Å². The van der Waals surface area contributed by atoms with Crippen LogP contribution in [-0.2, 0) is 9.53 Å². The summed E-state index contributed by atoms with van der Waals surface area (Å²) in [6.45, 7) is 3.38. The third-order valence-corrected chi connectivity index (χ3v) is 4.57. The Morgan fingerprint density at radius 2 is 2.00 bits per heavy atom. The molecule has 0 radical (unpaired) electrons. The molecule has 0 saturated heterocycles. The first-order chi connectivity index (χ1) is 10.7. The summed E-state index contributed by atoms with van der Waals surface area (Å²) in [5, 5.41) is 2.72. The Hall–Kier alpha value is -1.73. The molecule has 23 heavy (non-hydrogen) atoms. The molecule has 1 aliphatic rings. The van der Waals surface area contributed by atoms with E-state index in [4.69, 9.17) is 10.5 Å². The number of halogens is 2. The monoisotopic (exact) mass is 328 g/mol. The van der Waals surface area contributed by atoms with Crippen molar-refractivity contribution in [3.05, 3.63) is 24.3 Å². The van der Waals surface area contributed by atoms with Gasteiger partial charge in [-0.3, -0.25) is 4.79 Å². The van der Waals surface area contributed by atoms with Gasteiger partial charge in [0.15, 0.2) is 0 Å². The minimum Gasteiger partial charge on any atom is -0.435 e. The molecule has 7 heteroatoms. The number of nitrogens with one attached hydrogen (secondary N) is 1. The molecular formula is C16H22F2N2O3. The summed E-state index contributed by atoms with van der Waals surface area (Å²) in [6.07, 6.45) is 0.372. The summed E-state index contributed by atoms with van der Waals surface area (Å²) in [5.41, 5.74) is 5.21. The molecule has 0 aromatic heterocycles. The highest BCUT2D eigenvalue weighted by Crippen LogP contribution is 2.50. The first kappa shape index (κ1) is 17.6. The van der Waals surface area contributed by atoms with E-state index < -0.39 is 17.6 Å². The van der Waals surface area contributed by atoms with E-state index in [1.165, 1.54) is 24.3 Å². The van der Waals surface area contributed by atoms with Crippen LogP contribution >= 0.6 is 0 Å². The number of ether oxygens (including phenoxy) is 2. The predicted octanol–water partition coefficient (Wildman–Crippen LogP) is 2.76. The summed E-state index contributed by atoms with van der Waals surface area (Å²) < 4.78 is 34.1. The molecular weight excluding hydrogens is 306 g/mol. The third-order valence-electron chi connectivity index (χ3n) is 4.57. The van der Waals surface area contributed by atoms with E-state index in [0.29, 0.717) is 18.7 Å². The van der Waals surface area contributed by atoms with Crippen molar-refractivity contribution in [1.29, 1.82) is 0 Å². The first-order valence-corrected chi connectivity index (χ1v) is 7.47. The average molecular weight is 328 g/mol. The number of hydrogen-bond acceptors (Lipinski definition) is 4. The molecule has 1 aromatic rings. The Morgan fingerprint density at radius 3 is 2.48 bits per heavy atom. The number of hydrogen-bond donors (Lipinski definition) is 2. The van der Waals surface area contributed by atoms with Crippen LogP contribution in [0.25, 0.3) is 0 Å². The smallest absolute Gasteiger partial charge is 0.387 e. The van der Waals surface area contributed by atoms with Crippen LogP contribution in [0.2, 0.25) is 0 Å². The summed E-state index contributed by atoms with van der Waals surface area (Å²) in [4.78, 5) is 12.5. The highest BCUT2D eigenvalue weighted by atomic mass is 19.3. The molecule has 2 rings (SSSR count). The second kappa shape index (κ2) is 6.41. The van der Waals surface area contributed by atoms with Crippen molar-refractivity contribution >= 4 is 11.6 Å². The zero-order valence-corrected chi connectivity index (χ0v) is 13.4. The van der Waals surface area contributed by atoms with Crippen LogP contribution in [0.15, 0.2) is 24.3 Å². The summed E-state index contributed by atoms with van der Waals surface area (Å²) in [7, 11) is 0. The van der Waals surface area contributed by atoms with Gasteiger partial charge >= 0.3 is 6.61 Å². The Morgan fingerprint density at radius 1 is 1.39 bits per heavy atom. The molecule has 5 nitrogen and oxygen atoms in total. The fourth-order valence-electron chi connectivity index (χ4n) is 2.78. The van der Waals surface area contributed by atoms with Gasteiger partial charge in [0.1, 0.15) is 11.3 Å². The number of amides is 1. The SMILES string of the molecule is CCOC1CC(N)(C(=O)Nc2ccc(OC(F)F)cc2)C1(C)C. The molecule has 1 aliphatic carbocycles. The predicted molar refractivity (Wildman–Crippen MR) is 82.4 cm³/mol. The normalized spacial score (nSPS) is 25.8. The zero-order chi connectivity index (χ0) is 17.3. The van der Waals surface area contributed by atoms with Crippen LogP contribution in [0.5, 0.6) is 5.75 Å². The highest BCUT2D eigenvalue weighted by molar-refractivity contribution is 5.99. The van der Waals surface area contributed by atoms with Gasteiger partial charge < -0.3 is 20.5 Å². The Kier molecular flexibility index (Phi) is 4.91. The number of carbonyl (C=O) groups is 1. The summed E-state index contributed by atoms with van der Waals surface area (Å²) >= 11 is 0. The van der Waals surface area contributed by atoms with E-state index in [9.17, 15) is 13.6 Å². The quantitative estimate of drug-likeness (QED) is 0.842. The zero-order valence-electron chi connectivity index (χ0n) is 13.4. The van der Waals surface area contributed by atoms with Crippen LogP contribution in [0.4, 0.5) is 14.5 Å². The lowest BCUT2D eigenvalue weighted by atomic mass is 9.54. The summed E-state index contributed by atoms with van der Waals surface area (Å²) in [5.74, 6) is -0.290. The van der Waals surface area contributed by atoms with E-state index in [1.807, 2.05) is 20.8 Å². The van der Waals surface area contributed by atoms with Crippen LogP contribution < -0.4 is 15.8 Å². The standard InChI is InChI=1S/C16H22F2N2O3/c1-4-22-12-9-16(19,15(12,2)3)13(21)20-10-5-7-11(8-6-10)23-14(17)18/h5-8,12,14H,4,9,19H2,1-3H3,(H,20,21). The van der Waals surface area contributed by atoms with Gasteiger partial charge in [-0.1, -0.05) is 13.8 Å². The molecule has 0 heterocycles. The van der Waals surface area contributed by atoms with Crippen molar-refractivity contribution in [2.45, 2.75) is 45.4 Å². The molecule has 1 saturated carbocycles. The second-order valence-electron chi connectivity index (χ2n) is 6.20. The van der Waals surface area contributed by atoms with Crippen LogP contribution in [0.3, 0.4) is 0 Å². The van der Waals surface area contributed by atoms with E-state index >= 15 is 0 Å². The number of alkyl halides is 2. The van der Waals surface area contributed by atoms with Gasteiger partial charge in [0.25, 0.3) is 0 Å². The molecule has 2 unspecified atom stereocenters. The maximum absolute atomic E-state index is 12.5. The minimum absolute atomic E-state index is 0.0286. The topological polar surface area (TPSA) is 73.6 Å².